The number of nitrogens with zero attached hydrogens (tertiary/aromatic N) is 3. The zero-order chi connectivity index (χ0) is 16.4. The molecule has 6 nitrogen and oxygen atoms in total. The van der Waals surface area contributed by atoms with Gasteiger partial charge in [-0.15, -0.1) is 5.10 Å². The lowest BCUT2D eigenvalue weighted by atomic mass is 10.1. The number of aryl methyl sites for hydroxylation is 1. The highest BCUT2D eigenvalue weighted by Gasteiger charge is 2.33. The Kier molecular flexibility index (Phi) is 3.97. The van der Waals surface area contributed by atoms with Gasteiger partial charge in [0.25, 0.3) is 5.90 Å². The lowest BCUT2D eigenvalue weighted by Gasteiger charge is -2.19. The first-order valence-electron chi connectivity index (χ1n) is 7.35. The van der Waals surface area contributed by atoms with Gasteiger partial charge >= 0.3 is 0 Å². The van der Waals surface area contributed by atoms with Crippen LogP contribution in [0.3, 0.4) is 0 Å². The van der Waals surface area contributed by atoms with Crippen molar-refractivity contribution in [3.63, 3.8) is 0 Å². The molecule has 0 aliphatic carbocycles. The van der Waals surface area contributed by atoms with E-state index >= 15 is 0 Å². The van der Waals surface area contributed by atoms with Gasteiger partial charge in [0.15, 0.2) is 0 Å². The van der Waals surface area contributed by atoms with Gasteiger partial charge in [0, 0.05) is 12.6 Å². The normalized spacial score (nSPS) is 17.9. The largest absolute Gasteiger partial charge is 0.445 e. The summed E-state index contributed by atoms with van der Waals surface area (Å²) in [7, 11) is 0. The van der Waals surface area contributed by atoms with Crippen molar-refractivity contribution >= 4 is 17.9 Å². The lowest BCUT2D eigenvalue weighted by Crippen LogP contribution is -2.32. The average molecular weight is 310 g/mol. The molecule has 1 aliphatic rings. The number of benzene rings is 1. The third-order valence-electron chi connectivity index (χ3n) is 3.48. The Labute approximate surface area is 134 Å². The Hall–Kier alpha value is -2.89. The van der Waals surface area contributed by atoms with Crippen molar-refractivity contribution < 1.29 is 9.53 Å². The van der Waals surface area contributed by atoms with Crippen molar-refractivity contribution in [3.05, 3.63) is 58.9 Å². The zero-order valence-electron chi connectivity index (χ0n) is 13.3. The molecule has 0 spiro atoms. The molecule has 23 heavy (non-hydrogen) atoms. The predicted octanol–water partition coefficient (Wildman–Crippen LogP) is 2.69. The molecule has 2 heterocycles. The molecule has 2 aromatic rings. The van der Waals surface area contributed by atoms with Crippen LogP contribution in [0.1, 0.15) is 30.8 Å². The number of hydrazone groups is 1. The first kappa shape index (κ1) is 15.0. The second-order valence-electron chi connectivity index (χ2n) is 5.47. The number of hydrogen-bond acceptors (Lipinski definition) is 4. The molecule has 1 amide bonds. The van der Waals surface area contributed by atoms with Crippen molar-refractivity contribution in [1.82, 2.24) is 15.2 Å². The minimum absolute atomic E-state index is 0.182. The highest BCUT2D eigenvalue weighted by Crippen LogP contribution is 2.24. The number of aromatic amines is 1. The third kappa shape index (κ3) is 3.15. The Bertz CT molecular complexity index is 777. The van der Waals surface area contributed by atoms with E-state index in [1.165, 1.54) is 11.9 Å². The van der Waals surface area contributed by atoms with Crippen molar-refractivity contribution in [1.29, 1.82) is 0 Å². The van der Waals surface area contributed by atoms with E-state index in [1.807, 2.05) is 56.3 Å². The Morgan fingerprint density at radius 2 is 2.04 bits per heavy atom. The van der Waals surface area contributed by atoms with Crippen molar-refractivity contribution in [3.8, 4) is 0 Å². The van der Waals surface area contributed by atoms with Crippen LogP contribution >= 0.6 is 0 Å². The minimum atomic E-state index is -0.556. The lowest BCUT2D eigenvalue weighted by molar-refractivity contribution is -0.133. The molecule has 6 heteroatoms. The summed E-state index contributed by atoms with van der Waals surface area (Å²) in [6.45, 7) is 5.28. The fraction of sp³-hybridized carbons (Fsp3) is 0.235. The minimum Gasteiger partial charge on any atom is -0.445 e. The molecule has 118 valence electrons. The number of amides is 1. The van der Waals surface area contributed by atoms with Gasteiger partial charge in [0.2, 0.25) is 12.1 Å². The summed E-state index contributed by atoms with van der Waals surface area (Å²) in [6, 6.07) is 11.7. The smallest absolute Gasteiger partial charge is 0.261 e. The molecular formula is C17H18N4O2. The van der Waals surface area contributed by atoms with Gasteiger partial charge in [0.05, 0.1) is 0 Å². The van der Waals surface area contributed by atoms with Gasteiger partial charge in [-0.05, 0) is 31.1 Å². The Morgan fingerprint density at radius 1 is 1.30 bits per heavy atom. The van der Waals surface area contributed by atoms with Crippen LogP contribution in [-0.2, 0) is 9.53 Å². The Balaban J connectivity index is 1.88. The maximum atomic E-state index is 11.9. The number of carbonyl (C=O) groups excluding carboxylic acids is 1. The molecule has 0 saturated heterocycles. The summed E-state index contributed by atoms with van der Waals surface area (Å²) < 4.78 is 5.87. The molecule has 0 bridgehead atoms. The summed E-state index contributed by atoms with van der Waals surface area (Å²) in [5.41, 5.74) is 3.42. The molecule has 0 fully saturated rings. The predicted molar refractivity (Wildman–Crippen MR) is 87.3 cm³/mol. The standard InChI is InChI=1S/C17H18N4O2/c1-11(9-14-7-5-4-6-8-14)17-21(13(3)22)20-16(23-17)15-10-12(2)18-19-15/h4-10,17H,1-3H3,(H,18,19)/b11-9+. The maximum Gasteiger partial charge on any atom is 0.261 e. The number of aromatic nitrogens is 2. The van der Waals surface area contributed by atoms with Crippen LogP contribution in [0.25, 0.3) is 6.08 Å². The third-order valence-corrected chi connectivity index (χ3v) is 3.48. The maximum absolute atomic E-state index is 11.9. The van der Waals surface area contributed by atoms with Gasteiger partial charge in [0.1, 0.15) is 5.69 Å². The van der Waals surface area contributed by atoms with E-state index < -0.39 is 6.23 Å². The topological polar surface area (TPSA) is 70.6 Å². The second-order valence-corrected chi connectivity index (χ2v) is 5.47. The van der Waals surface area contributed by atoms with Crippen LogP contribution < -0.4 is 0 Å². The molecule has 0 radical (unpaired) electrons. The van der Waals surface area contributed by atoms with E-state index in [2.05, 4.69) is 15.3 Å². The number of rotatable bonds is 3. The monoisotopic (exact) mass is 310 g/mol. The Morgan fingerprint density at radius 3 is 2.65 bits per heavy atom. The van der Waals surface area contributed by atoms with Crippen LogP contribution in [0.4, 0.5) is 0 Å². The highest BCUT2D eigenvalue weighted by molar-refractivity contribution is 5.95. The molecule has 1 N–H and O–H groups in total. The van der Waals surface area contributed by atoms with Crippen molar-refractivity contribution in [2.24, 2.45) is 5.10 Å². The summed E-state index contributed by atoms with van der Waals surface area (Å²) in [5.74, 6) is 0.161. The van der Waals surface area contributed by atoms with Gasteiger partial charge in [-0.25, -0.2) is 0 Å². The number of hydrogen-bond donors (Lipinski definition) is 1. The van der Waals surface area contributed by atoms with Crippen LogP contribution in [-0.4, -0.2) is 33.2 Å². The van der Waals surface area contributed by atoms with Crippen LogP contribution in [0, 0.1) is 6.92 Å². The number of H-pyrrole nitrogens is 1. The quantitative estimate of drug-likeness (QED) is 0.947. The highest BCUT2D eigenvalue weighted by atomic mass is 16.5. The van der Waals surface area contributed by atoms with E-state index in [4.69, 9.17) is 4.74 Å². The van der Waals surface area contributed by atoms with E-state index in [-0.39, 0.29) is 5.91 Å². The van der Waals surface area contributed by atoms with Crippen molar-refractivity contribution in [2.45, 2.75) is 27.0 Å². The van der Waals surface area contributed by atoms with E-state index in [1.54, 1.807) is 0 Å². The fourth-order valence-electron chi connectivity index (χ4n) is 2.37. The number of carbonyl (C=O) groups is 1. The molecule has 1 aromatic carbocycles. The molecule has 0 saturated carbocycles. The fourth-order valence-corrected chi connectivity index (χ4v) is 2.37. The number of ether oxygens (including phenoxy) is 1. The molecular weight excluding hydrogens is 292 g/mol. The van der Waals surface area contributed by atoms with Gasteiger partial charge in [-0.1, -0.05) is 36.4 Å². The SMILES string of the molecule is CC(=O)N1N=C(c2cc(C)[nH]n2)OC1/C(C)=C/c1ccccc1. The summed E-state index contributed by atoms with van der Waals surface area (Å²) >= 11 is 0. The van der Waals surface area contributed by atoms with Gasteiger partial charge in [-0.3, -0.25) is 9.89 Å². The first-order chi connectivity index (χ1) is 11.0. The molecule has 1 unspecified atom stereocenters. The van der Waals surface area contributed by atoms with Crippen LogP contribution in [0.5, 0.6) is 0 Å². The zero-order valence-corrected chi connectivity index (χ0v) is 13.3. The van der Waals surface area contributed by atoms with E-state index in [9.17, 15) is 4.79 Å². The summed E-state index contributed by atoms with van der Waals surface area (Å²) in [6.07, 6.45) is 1.43. The molecule has 1 aromatic heterocycles. The van der Waals surface area contributed by atoms with E-state index in [0.29, 0.717) is 11.6 Å². The van der Waals surface area contributed by atoms with Crippen LogP contribution in [0.2, 0.25) is 0 Å². The van der Waals surface area contributed by atoms with Crippen LogP contribution in [0.15, 0.2) is 47.1 Å². The summed E-state index contributed by atoms with van der Waals surface area (Å²) in [4.78, 5) is 11.9. The molecule has 1 atom stereocenters. The van der Waals surface area contributed by atoms with Gasteiger partial charge < -0.3 is 4.74 Å². The van der Waals surface area contributed by atoms with E-state index in [0.717, 1.165) is 16.8 Å². The first-order valence-corrected chi connectivity index (χ1v) is 7.35. The van der Waals surface area contributed by atoms with Crippen molar-refractivity contribution in [2.75, 3.05) is 0 Å². The second kappa shape index (κ2) is 6.08. The van der Waals surface area contributed by atoms with Gasteiger partial charge in [-0.2, -0.15) is 10.1 Å². The average Bonchev–Trinajstić information content (AvgIpc) is 3.14. The molecule has 3 rings (SSSR count). The molecule has 1 aliphatic heterocycles. The summed E-state index contributed by atoms with van der Waals surface area (Å²) in [5, 5.41) is 12.6. The number of nitrogens with one attached hydrogen (secondary N) is 1.